The van der Waals surface area contributed by atoms with Gasteiger partial charge in [-0.1, -0.05) is 32.1 Å². The third-order valence-corrected chi connectivity index (χ3v) is 7.54. The van der Waals surface area contributed by atoms with Crippen molar-refractivity contribution in [3.8, 4) is 11.8 Å². The molecule has 118 valence electrons. The maximum absolute atomic E-state index is 12.2. The van der Waals surface area contributed by atoms with Crippen LogP contribution >= 0.6 is 0 Å². The number of rotatable bonds is 5. The molecule has 2 atom stereocenters. The highest BCUT2D eigenvalue weighted by molar-refractivity contribution is 7.92. The van der Waals surface area contributed by atoms with Gasteiger partial charge in [-0.3, -0.25) is 4.79 Å². The number of ketones is 1. The fraction of sp³-hybridized carbons (Fsp3) is 0.824. The molecule has 0 aromatic heterocycles. The predicted octanol–water partition coefficient (Wildman–Crippen LogP) is 3.28. The Morgan fingerprint density at radius 1 is 1.10 bits per heavy atom. The highest BCUT2D eigenvalue weighted by Gasteiger charge is 2.45. The van der Waals surface area contributed by atoms with Crippen molar-refractivity contribution in [2.75, 3.05) is 0 Å². The molecule has 0 saturated carbocycles. The number of hydrogen-bond donors (Lipinski definition) is 0. The fourth-order valence-corrected chi connectivity index (χ4v) is 6.05. The van der Waals surface area contributed by atoms with Crippen molar-refractivity contribution in [3.05, 3.63) is 0 Å². The molecule has 4 heteroatoms. The van der Waals surface area contributed by atoms with Crippen molar-refractivity contribution in [3.63, 3.8) is 0 Å². The second-order valence-electron chi connectivity index (χ2n) is 6.39. The number of hydrogen-bond acceptors (Lipinski definition) is 3. The van der Waals surface area contributed by atoms with Gasteiger partial charge in [0.05, 0.1) is 16.9 Å². The van der Waals surface area contributed by atoms with Crippen molar-refractivity contribution in [1.82, 2.24) is 0 Å². The smallest absolute Gasteiger partial charge is 0.156 e. The molecule has 2 fully saturated rings. The summed E-state index contributed by atoms with van der Waals surface area (Å²) in [5, 5.41) is -0.534. The lowest BCUT2D eigenvalue weighted by Crippen LogP contribution is -2.45. The standard InChI is InChI=1S/C17H26O3S/c1-2-3-4-5-6-7-11-17(18)14-12-15-9-8-10-16(13-14)21(15,19)20/h14-16H,2-5,8-13H2,1H3. The van der Waals surface area contributed by atoms with Crippen LogP contribution in [0, 0.1) is 17.8 Å². The Hall–Kier alpha value is -0.820. The van der Waals surface area contributed by atoms with Crippen molar-refractivity contribution < 1.29 is 13.2 Å². The average molecular weight is 310 g/mol. The summed E-state index contributed by atoms with van der Waals surface area (Å²) in [5.41, 5.74) is 0. The van der Waals surface area contributed by atoms with Gasteiger partial charge in [-0.2, -0.15) is 0 Å². The average Bonchev–Trinajstić information content (AvgIpc) is 2.41. The highest BCUT2D eigenvalue weighted by Crippen LogP contribution is 2.39. The molecule has 0 spiro atoms. The van der Waals surface area contributed by atoms with Gasteiger partial charge in [0.25, 0.3) is 0 Å². The minimum Gasteiger partial charge on any atom is -0.298 e. The molecule has 0 N–H and O–H groups in total. The van der Waals surface area contributed by atoms with E-state index >= 15 is 0 Å². The fourth-order valence-electron chi connectivity index (χ4n) is 3.52. The van der Waals surface area contributed by atoms with Gasteiger partial charge in [0.1, 0.15) is 5.78 Å². The topological polar surface area (TPSA) is 51.2 Å². The van der Waals surface area contributed by atoms with Crippen LogP contribution in [0.4, 0.5) is 0 Å². The zero-order valence-electron chi connectivity index (χ0n) is 12.9. The molecule has 2 aliphatic heterocycles. The molecule has 0 radical (unpaired) electrons. The SMILES string of the molecule is CCCCCC#CCC(=O)C1CC2CCCC(C1)S2(=O)=O. The first kappa shape index (κ1) is 16.5. The number of unbranched alkanes of at least 4 members (excludes halogenated alkanes) is 3. The number of sulfone groups is 1. The van der Waals surface area contributed by atoms with E-state index in [1.165, 1.54) is 12.8 Å². The quantitative estimate of drug-likeness (QED) is 0.578. The molecule has 3 nitrogen and oxygen atoms in total. The van der Waals surface area contributed by atoms with Crippen LogP contribution < -0.4 is 0 Å². The summed E-state index contributed by atoms with van der Waals surface area (Å²) >= 11 is 0. The lowest BCUT2D eigenvalue weighted by molar-refractivity contribution is -0.122. The predicted molar refractivity (Wildman–Crippen MR) is 84.6 cm³/mol. The van der Waals surface area contributed by atoms with Gasteiger partial charge >= 0.3 is 0 Å². The van der Waals surface area contributed by atoms with Gasteiger partial charge < -0.3 is 0 Å². The number of fused-ring (bicyclic) bond motifs is 2. The summed E-state index contributed by atoms with van der Waals surface area (Å²) in [7, 11) is -2.96. The van der Waals surface area contributed by atoms with Crippen molar-refractivity contribution >= 4 is 15.6 Å². The normalized spacial score (nSPS) is 30.2. The Labute approximate surface area is 128 Å². The summed E-state index contributed by atoms with van der Waals surface area (Å²) in [5.74, 6) is 6.13. The maximum atomic E-state index is 12.2. The van der Waals surface area contributed by atoms with Gasteiger partial charge in [0, 0.05) is 12.3 Å². The Morgan fingerprint density at radius 3 is 2.38 bits per heavy atom. The molecule has 0 amide bonds. The largest absolute Gasteiger partial charge is 0.298 e. The Morgan fingerprint density at radius 2 is 1.76 bits per heavy atom. The summed E-state index contributed by atoms with van der Waals surface area (Å²) in [6.45, 7) is 2.16. The summed E-state index contributed by atoms with van der Waals surface area (Å²) in [4.78, 5) is 12.2. The second-order valence-corrected chi connectivity index (χ2v) is 8.90. The summed E-state index contributed by atoms with van der Waals surface area (Å²) < 4.78 is 24.4. The van der Waals surface area contributed by atoms with E-state index in [1.807, 2.05) is 0 Å². The zero-order valence-corrected chi connectivity index (χ0v) is 13.8. The Bertz CT molecular complexity index is 504. The first-order chi connectivity index (χ1) is 10.1. The lowest BCUT2D eigenvalue weighted by Gasteiger charge is -2.37. The first-order valence-corrected chi connectivity index (χ1v) is 9.87. The second kappa shape index (κ2) is 7.45. The van der Waals surface area contributed by atoms with Crippen LogP contribution in [0.15, 0.2) is 0 Å². The Kier molecular flexibility index (Phi) is 5.87. The van der Waals surface area contributed by atoms with Gasteiger partial charge in [0.15, 0.2) is 9.84 Å². The van der Waals surface area contributed by atoms with Crippen molar-refractivity contribution in [1.29, 1.82) is 0 Å². The van der Waals surface area contributed by atoms with E-state index in [-0.39, 0.29) is 22.2 Å². The lowest BCUT2D eigenvalue weighted by atomic mass is 9.86. The van der Waals surface area contributed by atoms with Crippen LogP contribution in [0.2, 0.25) is 0 Å². The molecule has 2 rings (SSSR count). The number of Topliss-reactive ketones (excluding diaryl/α,β-unsaturated/α-hetero) is 1. The van der Waals surface area contributed by atoms with Crippen LogP contribution in [0.1, 0.15) is 71.1 Å². The minimum absolute atomic E-state index is 0.0752. The molecule has 21 heavy (non-hydrogen) atoms. The van der Waals surface area contributed by atoms with Gasteiger partial charge in [-0.05, 0) is 32.1 Å². The van der Waals surface area contributed by atoms with E-state index in [0.29, 0.717) is 19.3 Å². The van der Waals surface area contributed by atoms with E-state index in [4.69, 9.17) is 0 Å². The molecule has 0 aromatic rings. The first-order valence-electron chi connectivity index (χ1n) is 8.26. The van der Waals surface area contributed by atoms with Gasteiger partial charge in [0.2, 0.25) is 0 Å². The molecule has 0 aliphatic carbocycles. The van der Waals surface area contributed by atoms with Crippen molar-refractivity contribution in [2.24, 2.45) is 5.92 Å². The van der Waals surface area contributed by atoms with Gasteiger partial charge in [-0.15, -0.1) is 5.92 Å². The van der Waals surface area contributed by atoms with Crippen LogP contribution in [0.5, 0.6) is 0 Å². The zero-order chi connectivity index (χ0) is 15.3. The van der Waals surface area contributed by atoms with E-state index in [1.54, 1.807) is 0 Å². The molecule has 2 unspecified atom stereocenters. The van der Waals surface area contributed by atoms with E-state index < -0.39 is 9.84 Å². The van der Waals surface area contributed by atoms with Gasteiger partial charge in [-0.25, -0.2) is 8.42 Å². The number of carbonyl (C=O) groups is 1. The summed E-state index contributed by atoms with van der Waals surface area (Å²) in [6.07, 6.45) is 8.19. The van der Waals surface area contributed by atoms with E-state index in [2.05, 4.69) is 18.8 Å². The maximum Gasteiger partial charge on any atom is 0.156 e. The number of carbonyl (C=O) groups excluding carboxylic acids is 1. The molecule has 2 bridgehead atoms. The minimum atomic E-state index is -2.96. The monoisotopic (exact) mass is 310 g/mol. The van der Waals surface area contributed by atoms with Crippen LogP contribution in [-0.2, 0) is 14.6 Å². The molecule has 2 aliphatic rings. The molecular formula is C17H26O3S. The van der Waals surface area contributed by atoms with Crippen LogP contribution in [-0.4, -0.2) is 24.7 Å². The third kappa shape index (κ3) is 4.10. The van der Waals surface area contributed by atoms with E-state index in [9.17, 15) is 13.2 Å². The summed E-state index contributed by atoms with van der Waals surface area (Å²) in [6, 6.07) is 0. The van der Waals surface area contributed by atoms with Crippen LogP contribution in [0.25, 0.3) is 0 Å². The molecular weight excluding hydrogens is 284 g/mol. The highest BCUT2D eigenvalue weighted by atomic mass is 32.2. The molecule has 0 aromatic carbocycles. The Balaban J connectivity index is 1.84. The van der Waals surface area contributed by atoms with E-state index in [0.717, 1.165) is 32.1 Å². The van der Waals surface area contributed by atoms with Crippen molar-refractivity contribution in [2.45, 2.75) is 81.6 Å². The molecule has 2 heterocycles. The third-order valence-electron chi connectivity index (χ3n) is 4.82. The molecule has 2 saturated heterocycles. The van der Waals surface area contributed by atoms with Crippen LogP contribution in [0.3, 0.4) is 0 Å².